The Morgan fingerprint density at radius 2 is 1.76 bits per heavy atom. The highest BCUT2D eigenvalue weighted by Gasteiger charge is 2.10. The molecule has 2 aromatic carbocycles. The van der Waals surface area contributed by atoms with Crippen LogP contribution in [0.1, 0.15) is 16.6 Å². The highest BCUT2D eigenvalue weighted by atomic mass is 32.2. The highest BCUT2D eigenvalue weighted by Crippen LogP contribution is 2.28. The van der Waals surface area contributed by atoms with E-state index in [0.717, 1.165) is 35.1 Å². The van der Waals surface area contributed by atoms with E-state index in [9.17, 15) is 4.79 Å². The van der Waals surface area contributed by atoms with Crippen LogP contribution in [0.25, 0.3) is 0 Å². The maximum Gasteiger partial charge on any atom is 0.233 e. The Hall–Kier alpha value is -1.67. The van der Waals surface area contributed by atoms with Crippen LogP contribution in [0.4, 0.5) is 0 Å². The van der Waals surface area contributed by atoms with Gasteiger partial charge in [0.05, 0.1) is 13.7 Å². The lowest BCUT2D eigenvalue weighted by Crippen LogP contribution is -2.35. The monoisotopic (exact) mass is 434 g/mol. The minimum absolute atomic E-state index is 0.00560. The SMILES string of the molecule is COc1ccc(CSCCNCC(=O)NCCSC(OC)c2ccccc2)cc1. The van der Waals surface area contributed by atoms with E-state index in [1.807, 2.05) is 42.1 Å². The molecule has 2 N–H and O–H groups in total. The fourth-order valence-corrected chi connectivity index (χ4v) is 4.37. The highest BCUT2D eigenvalue weighted by molar-refractivity contribution is 7.99. The van der Waals surface area contributed by atoms with Gasteiger partial charge in [-0.15, -0.1) is 11.8 Å². The number of ether oxygens (including phenoxy) is 2. The number of methoxy groups -OCH3 is 2. The second-order valence-corrected chi connectivity index (χ2v) is 8.55. The molecule has 5 nitrogen and oxygen atoms in total. The van der Waals surface area contributed by atoms with Gasteiger partial charge in [0.25, 0.3) is 0 Å². The number of hydrogen-bond acceptors (Lipinski definition) is 6. The van der Waals surface area contributed by atoms with Crippen molar-refractivity contribution in [3.05, 3.63) is 65.7 Å². The van der Waals surface area contributed by atoms with Gasteiger partial charge in [-0.25, -0.2) is 0 Å². The van der Waals surface area contributed by atoms with E-state index in [0.29, 0.717) is 13.1 Å². The van der Waals surface area contributed by atoms with Crippen LogP contribution in [0.5, 0.6) is 5.75 Å². The third kappa shape index (κ3) is 9.58. The summed E-state index contributed by atoms with van der Waals surface area (Å²) < 4.78 is 10.7. The van der Waals surface area contributed by atoms with Gasteiger partial charge >= 0.3 is 0 Å². The molecule has 1 amide bonds. The third-order valence-electron chi connectivity index (χ3n) is 4.12. The van der Waals surface area contributed by atoms with E-state index >= 15 is 0 Å². The molecule has 0 heterocycles. The predicted molar refractivity (Wildman–Crippen MR) is 124 cm³/mol. The lowest BCUT2D eigenvalue weighted by Gasteiger charge is -2.15. The van der Waals surface area contributed by atoms with Crippen molar-refractivity contribution in [2.24, 2.45) is 0 Å². The number of carbonyl (C=O) groups excluding carboxylic acids is 1. The van der Waals surface area contributed by atoms with Crippen molar-refractivity contribution in [2.75, 3.05) is 45.4 Å². The summed E-state index contributed by atoms with van der Waals surface area (Å²) in [4.78, 5) is 11.9. The zero-order valence-electron chi connectivity index (χ0n) is 17.1. The van der Waals surface area contributed by atoms with Crippen LogP contribution in [0.2, 0.25) is 0 Å². The second-order valence-electron chi connectivity index (χ2n) is 6.28. The number of hydrogen-bond donors (Lipinski definition) is 2. The first-order chi connectivity index (χ1) is 14.2. The Morgan fingerprint density at radius 3 is 2.45 bits per heavy atom. The molecule has 158 valence electrons. The largest absolute Gasteiger partial charge is 0.497 e. The zero-order valence-corrected chi connectivity index (χ0v) is 18.7. The Labute approximate surface area is 182 Å². The van der Waals surface area contributed by atoms with Crippen LogP contribution in [0.3, 0.4) is 0 Å². The molecule has 2 aromatic rings. The molecule has 0 saturated heterocycles. The summed E-state index contributed by atoms with van der Waals surface area (Å²) in [7, 11) is 3.38. The van der Waals surface area contributed by atoms with Crippen LogP contribution in [-0.2, 0) is 15.3 Å². The van der Waals surface area contributed by atoms with Gasteiger partial charge < -0.3 is 20.1 Å². The van der Waals surface area contributed by atoms with Crippen molar-refractivity contribution < 1.29 is 14.3 Å². The Kier molecular flexibility index (Phi) is 11.7. The molecule has 7 heteroatoms. The normalized spacial score (nSPS) is 11.8. The lowest BCUT2D eigenvalue weighted by atomic mass is 10.2. The van der Waals surface area contributed by atoms with Crippen LogP contribution in [0, 0.1) is 0 Å². The van der Waals surface area contributed by atoms with Crippen molar-refractivity contribution >= 4 is 29.4 Å². The quantitative estimate of drug-likeness (QED) is 0.349. The van der Waals surface area contributed by atoms with E-state index in [4.69, 9.17) is 9.47 Å². The molecule has 0 aliphatic carbocycles. The van der Waals surface area contributed by atoms with E-state index in [1.165, 1.54) is 5.56 Å². The number of amides is 1. The molecule has 2 rings (SSSR count). The van der Waals surface area contributed by atoms with E-state index in [-0.39, 0.29) is 11.3 Å². The third-order valence-corrected chi connectivity index (χ3v) is 6.35. The minimum atomic E-state index is -0.00560. The van der Waals surface area contributed by atoms with Gasteiger partial charge in [-0.1, -0.05) is 42.5 Å². The van der Waals surface area contributed by atoms with Crippen LogP contribution in [0.15, 0.2) is 54.6 Å². The van der Waals surface area contributed by atoms with Gasteiger partial charge in [0.1, 0.15) is 11.2 Å². The summed E-state index contributed by atoms with van der Waals surface area (Å²) >= 11 is 3.53. The molecular weight excluding hydrogens is 404 g/mol. The Bertz CT molecular complexity index is 699. The Morgan fingerprint density at radius 1 is 1.00 bits per heavy atom. The summed E-state index contributed by atoms with van der Waals surface area (Å²) in [6.45, 7) is 1.78. The molecule has 1 atom stereocenters. The second kappa shape index (κ2) is 14.3. The van der Waals surface area contributed by atoms with E-state index in [2.05, 4.69) is 34.9 Å². The van der Waals surface area contributed by atoms with Crippen molar-refractivity contribution in [2.45, 2.75) is 11.2 Å². The summed E-state index contributed by atoms with van der Waals surface area (Å²) in [5, 5.41) is 6.14. The number of thioether (sulfide) groups is 2. The van der Waals surface area contributed by atoms with Gasteiger partial charge in [0.15, 0.2) is 0 Å². The first-order valence-electron chi connectivity index (χ1n) is 9.60. The first kappa shape index (κ1) is 23.6. The molecule has 0 aliphatic heterocycles. The van der Waals surface area contributed by atoms with Crippen molar-refractivity contribution in [3.8, 4) is 5.75 Å². The number of carbonyl (C=O) groups is 1. The molecule has 0 radical (unpaired) electrons. The number of rotatable bonds is 14. The van der Waals surface area contributed by atoms with Gasteiger partial charge in [0.2, 0.25) is 5.91 Å². The summed E-state index contributed by atoms with van der Waals surface area (Å²) in [5.74, 6) is 3.62. The van der Waals surface area contributed by atoms with Gasteiger partial charge in [0, 0.05) is 37.5 Å². The molecule has 0 aromatic heterocycles. The molecular formula is C22H30N2O3S2. The first-order valence-corrected chi connectivity index (χ1v) is 11.8. The number of nitrogens with one attached hydrogen (secondary N) is 2. The molecule has 29 heavy (non-hydrogen) atoms. The fraction of sp³-hybridized carbons (Fsp3) is 0.409. The smallest absolute Gasteiger partial charge is 0.233 e. The predicted octanol–water partition coefficient (Wildman–Crippen LogP) is 3.71. The Balaban J connectivity index is 1.48. The van der Waals surface area contributed by atoms with Crippen molar-refractivity contribution in [1.29, 1.82) is 0 Å². The molecule has 0 fully saturated rings. The fourth-order valence-electron chi connectivity index (χ4n) is 2.59. The molecule has 0 saturated carbocycles. The summed E-state index contributed by atoms with van der Waals surface area (Å²) in [6.07, 6.45) is 0. The molecule has 1 unspecified atom stereocenters. The zero-order chi connectivity index (χ0) is 20.7. The van der Waals surface area contributed by atoms with E-state index in [1.54, 1.807) is 26.0 Å². The maximum atomic E-state index is 11.9. The van der Waals surface area contributed by atoms with Crippen LogP contribution >= 0.6 is 23.5 Å². The lowest BCUT2D eigenvalue weighted by molar-refractivity contribution is -0.120. The summed E-state index contributed by atoms with van der Waals surface area (Å²) in [6, 6.07) is 18.2. The number of benzene rings is 2. The van der Waals surface area contributed by atoms with Crippen LogP contribution in [-0.4, -0.2) is 51.3 Å². The average Bonchev–Trinajstić information content (AvgIpc) is 2.77. The molecule has 0 spiro atoms. The maximum absolute atomic E-state index is 11.9. The van der Waals surface area contributed by atoms with Gasteiger partial charge in [-0.3, -0.25) is 4.79 Å². The van der Waals surface area contributed by atoms with E-state index < -0.39 is 0 Å². The van der Waals surface area contributed by atoms with Gasteiger partial charge in [-0.2, -0.15) is 11.8 Å². The molecule has 0 bridgehead atoms. The minimum Gasteiger partial charge on any atom is -0.497 e. The summed E-state index contributed by atoms with van der Waals surface area (Å²) in [5.41, 5.74) is 2.41. The van der Waals surface area contributed by atoms with Crippen molar-refractivity contribution in [1.82, 2.24) is 10.6 Å². The van der Waals surface area contributed by atoms with Gasteiger partial charge in [-0.05, 0) is 23.3 Å². The average molecular weight is 435 g/mol. The topological polar surface area (TPSA) is 59.6 Å². The van der Waals surface area contributed by atoms with Crippen molar-refractivity contribution in [3.63, 3.8) is 0 Å². The standard InChI is InChI=1S/C22H30N2O3S2/c1-26-20-10-8-18(9-11-20)17-28-14-12-23-16-21(25)24-13-15-29-22(27-2)19-6-4-3-5-7-19/h3-11,22-23H,12-17H2,1-2H3,(H,24,25). The molecule has 0 aliphatic rings. The van der Waals surface area contributed by atoms with Crippen LogP contribution < -0.4 is 15.4 Å².